The maximum absolute atomic E-state index is 5.16. The van der Waals surface area contributed by atoms with Crippen molar-refractivity contribution in [2.45, 2.75) is 19.0 Å². The van der Waals surface area contributed by atoms with E-state index in [2.05, 4.69) is 36.8 Å². The molecule has 1 saturated heterocycles. The van der Waals surface area contributed by atoms with Gasteiger partial charge in [0, 0.05) is 43.8 Å². The average Bonchev–Trinajstić information content (AvgIpc) is 3.06. The Bertz CT molecular complexity index is 608. The zero-order valence-corrected chi connectivity index (χ0v) is 12.9. The number of anilines is 1. The molecule has 0 aliphatic carbocycles. The first kappa shape index (κ1) is 14.6. The SMILES string of the molecule is COc1ccnc(N2CC[C@@H](N(C)Cc3ncccn3)C2)n1. The van der Waals surface area contributed by atoms with Crippen LogP contribution in [-0.2, 0) is 6.54 Å². The van der Waals surface area contributed by atoms with Crippen molar-refractivity contribution in [1.29, 1.82) is 0 Å². The van der Waals surface area contributed by atoms with Crippen LogP contribution in [0.3, 0.4) is 0 Å². The van der Waals surface area contributed by atoms with Crippen LogP contribution in [-0.4, -0.2) is 58.1 Å². The van der Waals surface area contributed by atoms with Crippen LogP contribution in [0.2, 0.25) is 0 Å². The van der Waals surface area contributed by atoms with E-state index in [4.69, 9.17) is 4.74 Å². The second-order valence-corrected chi connectivity index (χ2v) is 5.37. The van der Waals surface area contributed by atoms with E-state index in [9.17, 15) is 0 Å². The smallest absolute Gasteiger partial charge is 0.228 e. The van der Waals surface area contributed by atoms with Gasteiger partial charge in [-0.3, -0.25) is 4.90 Å². The third kappa shape index (κ3) is 3.30. The summed E-state index contributed by atoms with van der Waals surface area (Å²) in [6.07, 6.45) is 6.36. The Hall–Kier alpha value is -2.28. The summed E-state index contributed by atoms with van der Waals surface area (Å²) in [5, 5.41) is 0. The molecule has 22 heavy (non-hydrogen) atoms. The predicted octanol–water partition coefficient (Wildman–Crippen LogP) is 0.986. The van der Waals surface area contributed by atoms with Crippen LogP contribution in [0.25, 0.3) is 0 Å². The van der Waals surface area contributed by atoms with E-state index in [1.165, 1.54) is 0 Å². The van der Waals surface area contributed by atoms with Gasteiger partial charge in [0.05, 0.1) is 13.7 Å². The molecule has 116 valence electrons. The minimum Gasteiger partial charge on any atom is -0.481 e. The molecular weight excluding hydrogens is 280 g/mol. The third-order valence-corrected chi connectivity index (χ3v) is 3.91. The number of likely N-dealkylation sites (N-methyl/N-ethyl adjacent to an activating group) is 1. The normalized spacial score (nSPS) is 18.0. The molecule has 1 fully saturated rings. The highest BCUT2D eigenvalue weighted by Gasteiger charge is 2.27. The lowest BCUT2D eigenvalue weighted by Crippen LogP contribution is -2.35. The maximum atomic E-state index is 5.16. The molecule has 0 amide bonds. The maximum Gasteiger partial charge on any atom is 0.228 e. The fourth-order valence-corrected chi connectivity index (χ4v) is 2.65. The fraction of sp³-hybridized carbons (Fsp3) is 0.467. The molecule has 0 N–H and O–H groups in total. The number of hydrogen-bond acceptors (Lipinski definition) is 7. The minimum atomic E-state index is 0.443. The summed E-state index contributed by atoms with van der Waals surface area (Å²) in [6, 6.07) is 4.04. The molecule has 2 aromatic rings. The molecule has 3 heterocycles. The molecule has 0 aromatic carbocycles. The lowest BCUT2D eigenvalue weighted by atomic mass is 10.2. The Labute approximate surface area is 130 Å². The van der Waals surface area contributed by atoms with Gasteiger partial charge in [-0.2, -0.15) is 4.98 Å². The first-order valence-corrected chi connectivity index (χ1v) is 7.34. The van der Waals surface area contributed by atoms with E-state index < -0.39 is 0 Å². The van der Waals surface area contributed by atoms with Gasteiger partial charge in [0.2, 0.25) is 11.8 Å². The molecule has 1 aliphatic rings. The molecule has 0 saturated carbocycles. The number of aromatic nitrogens is 4. The highest BCUT2D eigenvalue weighted by Crippen LogP contribution is 2.21. The second-order valence-electron chi connectivity index (χ2n) is 5.37. The topological polar surface area (TPSA) is 67.3 Å². The van der Waals surface area contributed by atoms with Gasteiger partial charge in [-0.25, -0.2) is 15.0 Å². The molecule has 0 unspecified atom stereocenters. The molecule has 1 aliphatic heterocycles. The van der Waals surface area contributed by atoms with E-state index >= 15 is 0 Å². The van der Waals surface area contributed by atoms with Crippen molar-refractivity contribution >= 4 is 5.95 Å². The van der Waals surface area contributed by atoms with E-state index in [1.807, 2.05) is 6.07 Å². The largest absolute Gasteiger partial charge is 0.481 e. The Morgan fingerprint density at radius 1 is 1.27 bits per heavy atom. The van der Waals surface area contributed by atoms with Crippen LogP contribution in [0.1, 0.15) is 12.2 Å². The van der Waals surface area contributed by atoms with Crippen LogP contribution in [0.4, 0.5) is 5.95 Å². The summed E-state index contributed by atoms with van der Waals surface area (Å²) in [7, 11) is 3.73. The van der Waals surface area contributed by atoms with Gasteiger partial charge in [-0.05, 0) is 19.5 Å². The third-order valence-electron chi connectivity index (χ3n) is 3.91. The summed E-state index contributed by atoms with van der Waals surface area (Å²) in [6.45, 7) is 2.59. The standard InChI is InChI=1S/C15H20N6O/c1-20(11-13-16-6-3-7-17-13)12-5-9-21(10-12)15-18-8-4-14(19-15)22-2/h3-4,6-8,12H,5,9-11H2,1-2H3/t12-/m1/s1. The lowest BCUT2D eigenvalue weighted by molar-refractivity contribution is 0.244. The van der Waals surface area contributed by atoms with Gasteiger partial charge in [0.15, 0.2) is 0 Å². The Balaban J connectivity index is 1.61. The zero-order chi connectivity index (χ0) is 15.4. The molecule has 7 heteroatoms. The van der Waals surface area contributed by atoms with Crippen molar-refractivity contribution in [1.82, 2.24) is 24.8 Å². The van der Waals surface area contributed by atoms with Gasteiger partial charge in [0.25, 0.3) is 0 Å². The Morgan fingerprint density at radius 3 is 2.86 bits per heavy atom. The second kappa shape index (κ2) is 6.65. The van der Waals surface area contributed by atoms with Crippen LogP contribution in [0, 0.1) is 0 Å². The van der Waals surface area contributed by atoms with Crippen molar-refractivity contribution in [3.8, 4) is 5.88 Å². The zero-order valence-electron chi connectivity index (χ0n) is 12.9. The predicted molar refractivity (Wildman–Crippen MR) is 82.7 cm³/mol. The van der Waals surface area contributed by atoms with Gasteiger partial charge in [-0.15, -0.1) is 0 Å². The van der Waals surface area contributed by atoms with Crippen molar-refractivity contribution in [3.63, 3.8) is 0 Å². The molecule has 3 rings (SSSR count). The van der Waals surface area contributed by atoms with Gasteiger partial charge in [-0.1, -0.05) is 0 Å². The Kier molecular flexibility index (Phi) is 4.43. The molecular formula is C15H20N6O. The van der Waals surface area contributed by atoms with Crippen molar-refractivity contribution < 1.29 is 4.74 Å². The number of rotatable bonds is 5. The molecule has 0 spiro atoms. The van der Waals surface area contributed by atoms with E-state index in [0.717, 1.165) is 37.8 Å². The van der Waals surface area contributed by atoms with Crippen molar-refractivity contribution in [2.75, 3.05) is 32.1 Å². The van der Waals surface area contributed by atoms with Crippen molar-refractivity contribution in [3.05, 3.63) is 36.5 Å². The first-order chi connectivity index (χ1) is 10.8. The number of methoxy groups -OCH3 is 1. The van der Waals surface area contributed by atoms with Gasteiger partial charge >= 0.3 is 0 Å². The summed E-state index contributed by atoms with van der Waals surface area (Å²) < 4.78 is 5.16. The molecule has 2 aromatic heterocycles. The summed E-state index contributed by atoms with van der Waals surface area (Å²) in [4.78, 5) is 21.8. The van der Waals surface area contributed by atoms with Gasteiger partial charge < -0.3 is 9.64 Å². The number of nitrogens with zero attached hydrogens (tertiary/aromatic N) is 6. The molecule has 7 nitrogen and oxygen atoms in total. The van der Waals surface area contributed by atoms with Crippen LogP contribution in [0.5, 0.6) is 5.88 Å². The van der Waals surface area contributed by atoms with Gasteiger partial charge in [0.1, 0.15) is 5.82 Å². The quantitative estimate of drug-likeness (QED) is 0.815. The fourth-order valence-electron chi connectivity index (χ4n) is 2.65. The molecule has 0 radical (unpaired) electrons. The van der Waals surface area contributed by atoms with E-state index in [-0.39, 0.29) is 0 Å². The minimum absolute atomic E-state index is 0.443. The highest BCUT2D eigenvalue weighted by atomic mass is 16.5. The molecule has 1 atom stereocenters. The number of ether oxygens (including phenoxy) is 1. The Morgan fingerprint density at radius 2 is 2.09 bits per heavy atom. The average molecular weight is 300 g/mol. The lowest BCUT2D eigenvalue weighted by Gasteiger charge is -2.23. The van der Waals surface area contributed by atoms with Crippen LogP contribution >= 0.6 is 0 Å². The van der Waals surface area contributed by atoms with E-state index in [0.29, 0.717) is 11.9 Å². The summed E-state index contributed by atoms with van der Waals surface area (Å²) in [5.74, 6) is 2.17. The van der Waals surface area contributed by atoms with Crippen LogP contribution in [0.15, 0.2) is 30.7 Å². The van der Waals surface area contributed by atoms with E-state index in [1.54, 1.807) is 31.8 Å². The van der Waals surface area contributed by atoms with Crippen molar-refractivity contribution in [2.24, 2.45) is 0 Å². The number of hydrogen-bond donors (Lipinski definition) is 0. The summed E-state index contributed by atoms with van der Waals surface area (Å²) in [5.41, 5.74) is 0. The highest BCUT2D eigenvalue weighted by molar-refractivity contribution is 5.34. The first-order valence-electron chi connectivity index (χ1n) is 7.34. The molecule has 0 bridgehead atoms. The van der Waals surface area contributed by atoms with Crippen LogP contribution < -0.4 is 9.64 Å². The monoisotopic (exact) mass is 300 g/mol. The summed E-state index contributed by atoms with van der Waals surface area (Å²) >= 11 is 0.